The number of carbonyl (C=O) groups excluding carboxylic acids is 1. The Morgan fingerprint density at radius 2 is 2.29 bits per heavy atom. The molecule has 1 aliphatic rings. The first-order valence-corrected chi connectivity index (χ1v) is 9.14. The Bertz CT molecular complexity index is 721. The second-order valence-electron chi connectivity index (χ2n) is 4.73. The number of fused-ring (bicyclic) bond motifs is 1. The number of thioether (sulfide) groups is 2. The summed E-state index contributed by atoms with van der Waals surface area (Å²) in [6, 6.07) is 2.56. The van der Waals surface area contributed by atoms with Gasteiger partial charge in [-0.15, -0.1) is 0 Å². The minimum atomic E-state index is -0.458. The first-order valence-electron chi connectivity index (χ1n) is 6.52. The lowest BCUT2D eigenvalue weighted by atomic mass is 10.1. The summed E-state index contributed by atoms with van der Waals surface area (Å²) in [5, 5.41) is 3.31. The van der Waals surface area contributed by atoms with Crippen molar-refractivity contribution in [1.29, 1.82) is 0 Å². The molecule has 2 aromatic rings. The highest BCUT2D eigenvalue weighted by Gasteiger charge is 2.18. The number of hydrogen-bond donors (Lipinski definition) is 3. The number of imidazole rings is 1. The molecule has 0 radical (unpaired) electrons. The summed E-state index contributed by atoms with van der Waals surface area (Å²) in [5.41, 5.74) is 1.34. The zero-order valence-corrected chi connectivity index (χ0v) is 13.5. The van der Waals surface area contributed by atoms with Gasteiger partial charge in [0.15, 0.2) is 4.77 Å². The normalized spacial score (nSPS) is 18.8. The maximum atomic E-state index is 13.6. The van der Waals surface area contributed by atoms with Gasteiger partial charge in [-0.3, -0.25) is 4.79 Å². The van der Waals surface area contributed by atoms with E-state index < -0.39 is 5.82 Å². The summed E-state index contributed by atoms with van der Waals surface area (Å²) in [6.45, 7) is 0.597. The molecule has 3 N–H and O–H groups in total. The average molecular weight is 343 g/mol. The van der Waals surface area contributed by atoms with Crippen LogP contribution in [-0.4, -0.2) is 44.9 Å². The number of carbonyl (C=O) groups is 1. The molecule has 1 fully saturated rings. The van der Waals surface area contributed by atoms with Crippen LogP contribution in [0, 0.1) is 10.6 Å². The van der Waals surface area contributed by atoms with Gasteiger partial charge in [0.1, 0.15) is 5.82 Å². The monoisotopic (exact) mass is 343 g/mol. The molecular weight excluding hydrogens is 329 g/mol. The fourth-order valence-corrected chi connectivity index (χ4v) is 5.07. The lowest BCUT2D eigenvalue weighted by Crippen LogP contribution is -2.33. The van der Waals surface area contributed by atoms with Gasteiger partial charge >= 0.3 is 0 Å². The zero-order valence-electron chi connectivity index (χ0n) is 11.1. The van der Waals surface area contributed by atoms with E-state index in [2.05, 4.69) is 15.3 Å². The highest BCUT2D eigenvalue weighted by molar-refractivity contribution is 8.06. The van der Waals surface area contributed by atoms with Gasteiger partial charge in [0.05, 0.1) is 16.6 Å². The van der Waals surface area contributed by atoms with Crippen molar-refractivity contribution in [3.8, 4) is 0 Å². The predicted molar refractivity (Wildman–Crippen MR) is 89.3 cm³/mol. The number of halogens is 1. The van der Waals surface area contributed by atoms with E-state index in [0.29, 0.717) is 27.6 Å². The number of H-pyrrole nitrogens is 2. The lowest BCUT2D eigenvalue weighted by molar-refractivity contribution is 0.0955. The highest BCUT2D eigenvalue weighted by atomic mass is 32.2. The van der Waals surface area contributed by atoms with Gasteiger partial charge in [-0.25, -0.2) is 4.39 Å². The predicted octanol–water partition coefficient (Wildman–Crippen LogP) is 2.94. The van der Waals surface area contributed by atoms with Gasteiger partial charge in [-0.05, 0) is 24.4 Å². The fraction of sp³-hybridized carbons (Fsp3) is 0.385. The zero-order chi connectivity index (χ0) is 14.8. The molecule has 0 spiro atoms. The van der Waals surface area contributed by atoms with Gasteiger partial charge < -0.3 is 15.3 Å². The summed E-state index contributed by atoms with van der Waals surface area (Å²) in [5.74, 6) is 2.58. The van der Waals surface area contributed by atoms with Crippen LogP contribution in [0.5, 0.6) is 0 Å². The van der Waals surface area contributed by atoms with Gasteiger partial charge in [-0.1, -0.05) is 0 Å². The quantitative estimate of drug-likeness (QED) is 0.750. The molecule has 1 atom stereocenters. The van der Waals surface area contributed by atoms with Gasteiger partial charge in [-0.2, -0.15) is 23.5 Å². The topological polar surface area (TPSA) is 60.7 Å². The van der Waals surface area contributed by atoms with Gasteiger partial charge in [0, 0.05) is 29.1 Å². The van der Waals surface area contributed by atoms with Crippen molar-refractivity contribution < 1.29 is 9.18 Å². The van der Waals surface area contributed by atoms with Crippen LogP contribution >= 0.6 is 35.7 Å². The smallest absolute Gasteiger partial charge is 0.253 e. The van der Waals surface area contributed by atoms with E-state index in [1.165, 1.54) is 17.9 Å². The average Bonchev–Trinajstić information content (AvgIpc) is 2.85. The molecule has 0 bridgehead atoms. The number of rotatable bonds is 3. The Labute approximate surface area is 134 Å². The second kappa shape index (κ2) is 6.41. The minimum Gasteiger partial charge on any atom is -0.351 e. The van der Waals surface area contributed by atoms with Crippen molar-refractivity contribution in [2.24, 2.45) is 0 Å². The number of benzene rings is 1. The van der Waals surface area contributed by atoms with Crippen molar-refractivity contribution >= 4 is 52.7 Å². The number of nitrogens with one attached hydrogen (secondary N) is 3. The third-order valence-corrected chi connectivity index (χ3v) is 6.26. The summed E-state index contributed by atoms with van der Waals surface area (Å²) in [4.78, 5) is 18.0. The third-order valence-electron chi connectivity index (χ3n) is 3.21. The summed E-state index contributed by atoms with van der Waals surface area (Å²) in [6.07, 6.45) is 0. The molecule has 2 heterocycles. The van der Waals surface area contributed by atoms with Crippen LogP contribution in [0.2, 0.25) is 0 Å². The molecule has 1 unspecified atom stereocenters. The lowest BCUT2D eigenvalue weighted by Gasteiger charge is -2.21. The summed E-state index contributed by atoms with van der Waals surface area (Å²) < 4.78 is 14.0. The maximum Gasteiger partial charge on any atom is 0.253 e. The van der Waals surface area contributed by atoms with Crippen molar-refractivity contribution in [2.75, 3.05) is 23.8 Å². The Hall–Kier alpha value is -0.990. The van der Waals surface area contributed by atoms with Crippen LogP contribution in [0.3, 0.4) is 0 Å². The van der Waals surface area contributed by atoms with Crippen molar-refractivity contribution in [3.63, 3.8) is 0 Å². The molecule has 3 rings (SSSR count). The highest BCUT2D eigenvalue weighted by Crippen LogP contribution is 2.23. The van der Waals surface area contributed by atoms with Crippen LogP contribution in [0.25, 0.3) is 11.0 Å². The Balaban J connectivity index is 1.79. The maximum absolute atomic E-state index is 13.6. The van der Waals surface area contributed by atoms with Crippen LogP contribution < -0.4 is 5.32 Å². The SMILES string of the molecule is O=C(NCC1CSCCS1)c1cc(F)cc2[nH]c(=S)[nH]c12. The first kappa shape index (κ1) is 14.9. The minimum absolute atomic E-state index is 0.277. The molecule has 0 saturated carbocycles. The molecule has 1 amide bonds. The van der Waals surface area contributed by atoms with Crippen LogP contribution in [-0.2, 0) is 0 Å². The van der Waals surface area contributed by atoms with Crippen molar-refractivity contribution in [1.82, 2.24) is 15.3 Å². The van der Waals surface area contributed by atoms with Crippen molar-refractivity contribution in [3.05, 3.63) is 28.3 Å². The van der Waals surface area contributed by atoms with Crippen LogP contribution in [0.4, 0.5) is 4.39 Å². The van der Waals surface area contributed by atoms with Crippen LogP contribution in [0.15, 0.2) is 12.1 Å². The molecule has 112 valence electrons. The van der Waals surface area contributed by atoms with E-state index in [0.717, 1.165) is 11.5 Å². The largest absolute Gasteiger partial charge is 0.351 e. The molecule has 1 aliphatic heterocycles. The second-order valence-corrected chi connectivity index (χ2v) is 7.70. The van der Waals surface area contributed by atoms with E-state index in [-0.39, 0.29) is 11.5 Å². The first-order chi connectivity index (χ1) is 10.1. The molecule has 1 saturated heterocycles. The van der Waals surface area contributed by atoms with Gasteiger partial charge in [0.2, 0.25) is 0 Å². The van der Waals surface area contributed by atoms with E-state index in [9.17, 15) is 9.18 Å². The third kappa shape index (κ3) is 3.44. The van der Waals surface area contributed by atoms with Crippen molar-refractivity contribution in [2.45, 2.75) is 5.25 Å². The van der Waals surface area contributed by atoms with E-state index in [4.69, 9.17) is 12.2 Å². The molecule has 4 nitrogen and oxygen atoms in total. The van der Waals surface area contributed by atoms with Gasteiger partial charge in [0.25, 0.3) is 5.91 Å². The van der Waals surface area contributed by atoms with E-state index >= 15 is 0 Å². The molecular formula is C13H14FN3OS3. The number of aromatic amines is 2. The molecule has 0 aliphatic carbocycles. The Morgan fingerprint density at radius 1 is 1.43 bits per heavy atom. The molecule has 1 aromatic carbocycles. The van der Waals surface area contributed by atoms with E-state index in [1.54, 1.807) is 0 Å². The summed E-state index contributed by atoms with van der Waals surface area (Å²) >= 11 is 8.77. The van der Waals surface area contributed by atoms with Crippen LogP contribution in [0.1, 0.15) is 10.4 Å². The summed E-state index contributed by atoms with van der Waals surface area (Å²) in [7, 11) is 0. The number of aromatic nitrogens is 2. The molecule has 21 heavy (non-hydrogen) atoms. The standard InChI is InChI=1S/C13H14FN3OS3/c14-7-3-9(11-10(4-7)16-13(19)17-11)12(18)15-5-8-6-20-1-2-21-8/h3-4,8H,1-2,5-6H2,(H,15,18)(H2,16,17,19). The Morgan fingerprint density at radius 3 is 3.05 bits per heavy atom. The number of hydrogen-bond acceptors (Lipinski definition) is 4. The molecule has 8 heteroatoms. The number of amides is 1. The Kier molecular flexibility index (Phi) is 4.56. The van der Waals surface area contributed by atoms with E-state index in [1.807, 2.05) is 23.5 Å². The fourth-order valence-electron chi connectivity index (χ4n) is 2.24. The molecule has 1 aromatic heterocycles.